The van der Waals surface area contributed by atoms with Gasteiger partial charge in [-0.15, -0.1) is 0 Å². The van der Waals surface area contributed by atoms with Crippen molar-refractivity contribution in [1.82, 2.24) is 25.3 Å². The van der Waals surface area contributed by atoms with E-state index >= 15 is 0 Å². The van der Waals surface area contributed by atoms with Crippen LogP contribution in [0.2, 0.25) is 0 Å². The minimum Gasteiger partial charge on any atom is -0.386 e. The Morgan fingerprint density at radius 1 is 1.00 bits per heavy atom. The third-order valence-corrected chi connectivity index (χ3v) is 10.9. The number of hydrogen-bond donors (Lipinski definition) is 3. The van der Waals surface area contributed by atoms with Crippen LogP contribution in [0.4, 0.5) is 27.6 Å². The third kappa shape index (κ3) is 9.49. The molecule has 2 aromatic rings. The Kier molecular flexibility index (Phi) is 12.6. The van der Waals surface area contributed by atoms with Crippen LogP contribution in [0, 0.1) is 23.6 Å². The molecule has 3 aliphatic carbocycles. The lowest BCUT2D eigenvalue weighted by molar-refractivity contribution is -0.139. The number of anilines is 1. The molecule has 0 spiro atoms. The SMILES string of the molecule is CCC(=O)NC(C(=O)N1CCC(C(F)F)CC1)C1(c2ccc(NC)c(F)c2)CC1.O=CC(NC(=O)c1ccnn1CC1CC1)C1CCCC(F)(F)C1. The Hall–Kier alpha value is -4.04. The predicted octanol–water partition coefficient (Wildman–Crippen LogP) is 5.71. The molecule has 0 bridgehead atoms. The number of nitrogens with zero attached hydrogens (tertiary/aromatic N) is 3. The van der Waals surface area contributed by atoms with Gasteiger partial charge in [-0.1, -0.05) is 13.0 Å². The van der Waals surface area contributed by atoms with Crippen LogP contribution in [0.15, 0.2) is 30.5 Å². The second-order valence-electron chi connectivity index (χ2n) is 14.6. The molecule has 1 aromatic heterocycles. The van der Waals surface area contributed by atoms with E-state index in [4.69, 9.17) is 0 Å². The molecule has 4 fully saturated rings. The molecule has 3 unspecified atom stereocenters. The van der Waals surface area contributed by atoms with Crippen molar-refractivity contribution in [2.75, 3.05) is 25.5 Å². The molecule has 6 rings (SSSR count). The van der Waals surface area contributed by atoms with E-state index in [2.05, 4.69) is 21.0 Å². The Balaban J connectivity index is 0.000000206. The summed E-state index contributed by atoms with van der Waals surface area (Å²) in [5, 5.41) is 12.3. The summed E-state index contributed by atoms with van der Waals surface area (Å²) in [7, 11) is 1.63. The number of amides is 3. The molecule has 1 saturated heterocycles. The van der Waals surface area contributed by atoms with E-state index in [-0.39, 0.29) is 57.0 Å². The van der Waals surface area contributed by atoms with Crippen LogP contribution >= 0.6 is 0 Å². The lowest BCUT2D eigenvalue weighted by Gasteiger charge is -2.37. The van der Waals surface area contributed by atoms with Gasteiger partial charge >= 0.3 is 0 Å². The molecule has 52 heavy (non-hydrogen) atoms. The van der Waals surface area contributed by atoms with Crippen molar-refractivity contribution in [2.45, 2.75) is 114 Å². The fourth-order valence-electron chi connectivity index (χ4n) is 7.38. The summed E-state index contributed by atoms with van der Waals surface area (Å²) < 4.78 is 68.9. The van der Waals surface area contributed by atoms with Crippen LogP contribution in [0.3, 0.4) is 0 Å². The number of aromatic nitrogens is 2. The number of carbonyl (C=O) groups is 4. The number of hydrogen-bond acceptors (Lipinski definition) is 6. The van der Waals surface area contributed by atoms with E-state index in [9.17, 15) is 41.1 Å². The zero-order valence-electron chi connectivity index (χ0n) is 29.7. The quantitative estimate of drug-likeness (QED) is 0.179. The van der Waals surface area contributed by atoms with Crippen LogP contribution in [0.1, 0.15) is 93.6 Å². The maximum atomic E-state index is 14.4. The number of aldehydes is 1. The van der Waals surface area contributed by atoms with Gasteiger partial charge in [0.05, 0.1) is 11.7 Å². The first-order valence-corrected chi connectivity index (χ1v) is 18.3. The normalized spacial score (nSPS) is 22.0. The van der Waals surface area contributed by atoms with Crippen LogP contribution in [-0.2, 0) is 26.3 Å². The maximum absolute atomic E-state index is 14.4. The van der Waals surface area contributed by atoms with Crippen molar-refractivity contribution in [2.24, 2.45) is 17.8 Å². The van der Waals surface area contributed by atoms with Crippen molar-refractivity contribution < 1.29 is 41.1 Å². The summed E-state index contributed by atoms with van der Waals surface area (Å²) in [5.74, 6) is -4.76. The second kappa shape index (κ2) is 16.7. The lowest BCUT2D eigenvalue weighted by Crippen LogP contribution is -2.56. The molecular formula is C37H49F5N6O4. The third-order valence-electron chi connectivity index (χ3n) is 10.9. The second-order valence-corrected chi connectivity index (χ2v) is 14.6. The highest BCUT2D eigenvalue weighted by atomic mass is 19.3. The van der Waals surface area contributed by atoms with Gasteiger partial charge < -0.3 is 25.6 Å². The first kappa shape index (κ1) is 39.2. The number of alkyl halides is 4. The molecule has 10 nitrogen and oxygen atoms in total. The summed E-state index contributed by atoms with van der Waals surface area (Å²) in [6.45, 7) is 2.87. The number of benzene rings is 1. The first-order chi connectivity index (χ1) is 24.8. The van der Waals surface area contributed by atoms with E-state index in [1.54, 1.807) is 47.9 Å². The fraction of sp³-hybridized carbons (Fsp3) is 0.649. The zero-order chi connectivity index (χ0) is 37.6. The molecular weight excluding hydrogens is 687 g/mol. The van der Waals surface area contributed by atoms with Crippen LogP contribution in [-0.4, -0.2) is 83.3 Å². The van der Waals surface area contributed by atoms with Gasteiger partial charge in [-0.25, -0.2) is 22.0 Å². The van der Waals surface area contributed by atoms with Crippen LogP contribution in [0.5, 0.6) is 0 Å². The first-order valence-electron chi connectivity index (χ1n) is 18.3. The van der Waals surface area contributed by atoms with E-state index < -0.39 is 53.4 Å². The Bertz CT molecular complexity index is 1570. The van der Waals surface area contributed by atoms with Crippen molar-refractivity contribution in [3.63, 3.8) is 0 Å². The zero-order valence-corrected chi connectivity index (χ0v) is 29.7. The van der Waals surface area contributed by atoms with Gasteiger partial charge in [0, 0.05) is 63.5 Å². The molecule has 0 radical (unpaired) electrons. The minimum absolute atomic E-state index is 0.142. The van der Waals surface area contributed by atoms with Crippen LogP contribution in [0.25, 0.3) is 0 Å². The standard InChI is InChI=1S/C21H28F3N3O2.C16H21F2N3O2/c1-3-17(28)26-18(20(29)27-10-6-13(7-11-27)19(23)24)21(8-9-21)14-4-5-16(25-2)15(22)12-14;17-16(18)6-1-2-12(8-16)13(10-22)20-15(23)14-5-7-19-21(14)9-11-3-4-11/h4-5,12-13,18-19,25H,3,6-11H2,1-2H3,(H,26,28);5,7,10-13H,1-4,6,8-9H2,(H,20,23). The summed E-state index contributed by atoms with van der Waals surface area (Å²) in [5.41, 5.74) is 0.755. The summed E-state index contributed by atoms with van der Waals surface area (Å²) in [4.78, 5) is 50.7. The average Bonchev–Trinajstić information content (AvgIpc) is 4.06. The highest BCUT2D eigenvalue weighted by Crippen LogP contribution is 2.52. The van der Waals surface area contributed by atoms with E-state index in [1.807, 2.05) is 0 Å². The van der Waals surface area contributed by atoms with Gasteiger partial charge in [0.1, 0.15) is 23.8 Å². The Morgan fingerprint density at radius 3 is 2.27 bits per heavy atom. The van der Waals surface area contributed by atoms with Gasteiger partial charge in [0.15, 0.2) is 0 Å². The number of nitrogens with one attached hydrogen (secondary N) is 3. The molecule has 15 heteroatoms. The monoisotopic (exact) mass is 736 g/mol. The van der Waals surface area contributed by atoms with Gasteiger partial charge in [-0.05, 0) is 87.0 Å². The van der Waals surface area contributed by atoms with E-state index in [0.717, 1.165) is 12.8 Å². The average molecular weight is 737 g/mol. The molecule has 286 valence electrons. The molecule has 3 N–H and O–H groups in total. The van der Waals surface area contributed by atoms with E-state index in [1.165, 1.54) is 6.07 Å². The number of carbonyl (C=O) groups excluding carboxylic acids is 4. The van der Waals surface area contributed by atoms with Gasteiger partial charge in [0.2, 0.25) is 24.2 Å². The Labute approximate surface area is 300 Å². The molecule has 4 aliphatic rings. The molecule has 3 atom stereocenters. The molecule has 1 aromatic carbocycles. The summed E-state index contributed by atoms with van der Waals surface area (Å²) in [6.07, 6.45) is 4.43. The topological polar surface area (TPSA) is 125 Å². The van der Waals surface area contributed by atoms with Crippen molar-refractivity contribution >= 4 is 29.7 Å². The van der Waals surface area contributed by atoms with Crippen molar-refractivity contribution in [3.8, 4) is 0 Å². The predicted molar refractivity (Wildman–Crippen MR) is 184 cm³/mol. The molecule has 1 aliphatic heterocycles. The highest BCUT2D eigenvalue weighted by molar-refractivity contribution is 5.94. The minimum atomic E-state index is -2.75. The maximum Gasteiger partial charge on any atom is 0.270 e. The Morgan fingerprint density at radius 2 is 1.71 bits per heavy atom. The molecule has 2 heterocycles. The van der Waals surface area contributed by atoms with Crippen molar-refractivity contribution in [1.29, 1.82) is 0 Å². The smallest absolute Gasteiger partial charge is 0.270 e. The van der Waals surface area contributed by atoms with Crippen molar-refractivity contribution in [3.05, 3.63) is 47.5 Å². The van der Waals surface area contributed by atoms with Crippen LogP contribution < -0.4 is 16.0 Å². The lowest BCUT2D eigenvalue weighted by atomic mass is 9.82. The van der Waals surface area contributed by atoms with E-state index in [0.29, 0.717) is 61.4 Å². The van der Waals surface area contributed by atoms with Gasteiger partial charge in [0.25, 0.3) is 5.91 Å². The fourth-order valence-corrected chi connectivity index (χ4v) is 7.38. The largest absolute Gasteiger partial charge is 0.386 e. The summed E-state index contributed by atoms with van der Waals surface area (Å²) >= 11 is 0. The number of halogens is 5. The van der Waals surface area contributed by atoms with Gasteiger partial charge in [-0.2, -0.15) is 5.10 Å². The molecule has 3 saturated carbocycles. The molecule has 3 amide bonds. The number of likely N-dealkylation sites (tertiary alicyclic amines) is 1. The number of rotatable bonds is 13. The van der Waals surface area contributed by atoms with Gasteiger partial charge in [-0.3, -0.25) is 19.1 Å². The number of piperidine rings is 1. The summed E-state index contributed by atoms with van der Waals surface area (Å²) in [6, 6.07) is 4.72. The highest BCUT2D eigenvalue weighted by Gasteiger charge is 2.55.